The minimum absolute atomic E-state index is 0.259. The Labute approximate surface area is 127 Å². The van der Waals surface area contributed by atoms with E-state index in [1.54, 1.807) is 0 Å². The van der Waals surface area contributed by atoms with Crippen molar-refractivity contribution < 1.29 is 4.74 Å². The third-order valence-electron chi connectivity index (χ3n) is 4.32. The quantitative estimate of drug-likeness (QED) is 0.643. The van der Waals surface area contributed by atoms with E-state index >= 15 is 0 Å². The van der Waals surface area contributed by atoms with Gasteiger partial charge >= 0.3 is 0 Å². The molecular weight excluding hydrogens is 356 g/mol. The second-order valence-corrected chi connectivity index (χ2v) is 7.44. The van der Waals surface area contributed by atoms with Crippen molar-refractivity contribution in [3.63, 3.8) is 0 Å². The minimum Gasteiger partial charge on any atom is -0.490 e. The molecule has 0 N–H and O–H groups in total. The van der Waals surface area contributed by atoms with Crippen LogP contribution in [0.5, 0.6) is 5.75 Å². The van der Waals surface area contributed by atoms with Crippen LogP contribution in [0.15, 0.2) is 16.6 Å². The Hall–Kier alpha value is -0.0200. The minimum atomic E-state index is 0.259. The number of hydrogen-bond acceptors (Lipinski definition) is 1. The zero-order valence-electron chi connectivity index (χ0n) is 11.4. The van der Waals surface area contributed by atoms with E-state index in [-0.39, 0.29) is 5.41 Å². The number of rotatable bonds is 3. The van der Waals surface area contributed by atoms with Gasteiger partial charge in [0.05, 0.1) is 0 Å². The molecule has 1 saturated carbocycles. The smallest absolute Gasteiger partial charge is 0.120 e. The molecule has 2 rings (SSSR count). The Morgan fingerprint density at radius 2 is 1.89 bits per heavy atom. The van der Waals surface area contributed by atoms with Crippen molar-refractivity contribution in [2.75, 3.05) is 0 Å². The van der Waals surface area contributed by atoms with Crippen molar-refractivity contribution in [1.82, 2.24) is 0 Å². The van der Waals surface area contributed by atoms with Gasteiger partial charge in [-0.1, -0.05) is 45.7 Å². The van der Waals surface area contributed by atoms with Crippen molar-refractivity contribution in [2.45, 2.75) is 51.5 Å². The molecular formula is C15H20Br2O. The van der Waals surface area contributed by atoms with Gasteiger partial charge in [-0.2, -0.15) is 0 Å². The SMILES string of the molecule is CCC1(C)C(Br)CC1Oc1cc(C)c(Br)c(C)c1. The Balaban J connectivity index is 2.16. The summed E-state index contributed by atoms with van der Waals surface area (Å²) in [4.78, 5) is 0.581. The summed E-state index contributed by atoms with van der Waals surface area (Å²) in [5, 5.41) is 0. The Kier molecular flexibility index (Phi) is 4.13. The monoisotopic (exact) mass is 374 g/mol. The molecule has 0 aliphatic heterocycles. The van der Waals surface area contributed by atoms with Gasteiger partial charge in [0.15, 0.2) is 0 Å². The van der Waals surface area contributed by atoms with E-state index in [4.69, 9.17) is 4.74 Å². The standard InChI is InChI=1S/C15H20Br2O/c1-5-15(4)12(16)8-13(15)18-11-6-9(2)14(17)10(3)7-11/h6-7,12-13H,5,8H2,1-4H3. The number of alkyl halides is 1. The Morgan fingerprint density at radius 3 is 2.33 bits per heavy atom. The summed E-state index contributed by atoms with van der Waals surface area (Å²) in [6, 6.07) is 4.24. The highest BCUT2D eigenvalue weighted by atomic mass is 79.9. The Bertz CT molecular complexity index is 435. The average Bonchev–Trinajstić information content (AvgIpc) is 2.34. The lowest BCUT2D eigenvalue weighted by Crippen LogP contribution is -2.54. The molecule has 3 heteroatoms. The lowest BCUT2D eigenvalue weighted by Gasteiger charge is -2.50. The molecule has 1 nitrogen and oxygen atoms in total. The van der Waals surface area contributed by atoms with Crippen molar-refractivity contribution >= 4 is 31.9 Å². The number of benzene rings is 1. The van der Waals surface area contributed by atoms with Crippen LogP contribution in [0.4, 0.5) is 0 Å². The molecule has 18 heavy (non-hydrogen) atoms. The van der Waals surface area contributed by atoms with Gasteiger partial charge in [-0.05, 0) is 49.9 Å². The van der Waals surface area contributed by atoms with E-state index in [0.29, 0.717) is 10.9 Å². The van der Waals surface area contributed by atoms with Crippen LogP contribution in [0.1, 0.15) is 37.8 Å². The average molecular weight is 376 g/mol. The molecule has 3 unspecified atom stereocenters. The van der Waals surface area contributed by atoms with Crippen LogP contribution >= 0.6 is 31.9 Å². The van der Waals surface area contributed by atoms with Crippen LogP contribution in [-0.4, -0.2) is 10.9 Å². The van der Waals surface area contributed by atoms with Crippen molar-refractivity contribution in [1.29, 1.82) is 0 Å². The number of ether oxygens (including phenoxy) is 1. The predicted molar refractivity (Wildman–Crippen MR) is 83.8 cm³/mol. The van der Waals surface area contributed by atoms with Crippen molar-refractivity contribution in [3.8, 4) is 5.75 Å². The van der Waals surface area contributed by atoms with Gasteiger partial charge in [-0.15, -0.1) is 0 Å². The first-order chi connectivity index (χ1) is 8.38. The van der Waals surface area contributed by atoms with Gasteiger partial charge in [-0.3, -0.25) is 0 Å². The first kappa shape index (κ1) is 14.4. The molecule has 0 saturated heterocycles. The Morgan fingerprint density at radius 1 is 1.33 bits per heavy atom. The van der Waals surface area contributed by atoms with E-state index in [1.807, 2.05) is 0 Å². The molecule has 0 aromatic heterocycles. The van der Waals surface area contributed by atoms with Gasteiger partial charge in [0.1, 0.15) is 11.9 Å². The van der Waals surface area contributed by atoms with E-state index in [1.165, 1.54) is 15.6 Å². The second kappa shape index (κ2) is 5.16. The molecule has 1 fully saturated rings. The maximum atomic E-state index is 6.19. The molecule has 1 aliphatic rings. The van der Waals surface area contributed by atoms with Crippen LogP contribution in [0, 0.1) is 19.3 Å². The van der Waals surface area contributed by atoms with Crippen LogP contribution in [0.3, 0.4) is 0 Å². The summed E-state index contributed by atoms with van der Waals surface area (Å²) < 4.78 is 7.37. The summed E-state index contributed by atoms with van der Waals surface area (Å²) in [6.45, 7) is 8.76. The zero-order chi connectivity index (χ0) is 13.5. The molecule has 0 heterocycles. The first-order valence-electron chi connectivity index (χ1n) is 6.46. The number of aryl methyl sites for hydroxylation is 2. The predicted octanol–water partition coefficient (Wildman–Crippen LogP) is 5.40. The maximum absolute atomic E-state index is 6.19. The maximum Gasteiger partial charge on any atom is 0.120 e. The largest absolute Gasteiger partial charge is 0.490 e. The lowest BCUT2D eigenvalue weighted by molar-refractivity contribution is -0.0243. The van der Waals surface area contributed by atoms with Gasteiger partial charge in [0.25, 0.3) is 0 Å². The van der Waals surface area contributed by atoms with Gasteiger partial charge in [-0.25, -0.2) is 0 Å². The molecule has 3 atom stereocenters. The molecule has 1 aliphatic carbocycles. The van der Waals surface area contributed by atoms with E-state index < -0.39 is 0 Å². The highest BCUT2D eigenvalue weighted by molar-refractivity contribution is 9.10. The second-order valence-electron chi connectivity index (χ2n) is 5.54. The summed E-state index contributed by atoms with van der Waals surface area (Å²) >= 11 is 7.34. The highest BCUT2D eigenvalue weighted by Crippen LogP contribution is 2.50. The summed E-state index contributed by atoms with van der Waals surface area (Å²) in [5.41, 5.74) is 2.73. The summed E-state index contributed by atoms with van der Waals surface area (Å²) in [7, 11) is 0. The van der Waals surface area contributed by atoms with Crippen molar-refractivity contribution in [2.24, 2.45) is 5.41 Å². The van der Waals surface area contributed by atoms with Crippen LogP contribution in [0.2, 0.25) is 0 Å². The third kappa shape index (κ3) is 2.36. The van der Waals surface area contributed by atoms with Crippen LogP contribution < -0.4 is 4.74 Å². The number of hydrogen-bond donors (Lipinski definition) is 0. The van der Waals surface area contributed by atoms with Crippen LogP contribution in [0.25, 0.3) is 0 Å². The fourth-order valence-electron chi connectivity index (χ4n) is 2.54. The first-order valence-corrected chi connectivity index (χ1v) is 8.16. The molecule has 0 bridgehead atoms. The van der Waals surface area contributed by atoms with Crippen LogP contribution in [-0.2, 0) is 0 Å². The summed E-state index contributed by atoms with van der Waals surface area (Å²) in [6.07, 6.45) is 2.56. The molecule has 0 amide bonds. The van der Waals surface area contributed by atoms with E-state index in [0.717, 1.165) is 18.6 Å². The summed E-state index contributed by atoms with van der Waals surface area (Å²) in [5.74, 6) is 0.997. The van der Waals surface area contributed by atoms with E-state index in [9.17, 15) is 0 Å². The molecule has 0 spiro atoms. The fraction of sp³-hybridized carbons (Fsp3) is 0.600. The molecule has 1 aromatic carbocycles. The fourth-order valence-corrected chi connectivity index (χ4v) is 3.72. The van der Waals surface area contributed by atoms with Crippen molar-refractivity contribution in [3.05, 3.63) is 27.7 Å². The molecule has 1 aromatic rings. The van der Waals surface area contributed by atoms with Gasteiger partial charge < -0.3 is 4.74 Å². The van der Waals surface area contributed by atoms with E-state index in [2.05, 4.69) is 71.7 Å². The topological polar surface area (TPSA) is 9.23 Å². The normalized spacial score (nSPS) is 31.0. The molecule has 100 valence electrons. The lowest BCUT2D eigenvalue weighted by atomic mass is 9.65. The zero-order valence-corrected chi connectivity index (χ0v) is 14.6. The van der Waals surface area contributed by atoms with Gasteiger partial charge in [0, 0.05) is 14.7 Å². The van der Waals surface area contributed by atoms with Gasteiger partial charge in [0.2, 0.25) is 0 Å². The number of halogens is 2. The molecule has 0 radical (unpaired) electrons. The highest BCUT2D eigenvalue weighted by Gasteiger charge is 2.50. The third-order valence-corrected chi connectivity index (χ3v) is 6.99.